The van der Waals surface area contributed by atoms with E-state index in [4.69, 9.17) is 5.11 Å². The highest BCUT2D eigenvalue weighted by Gasteiger charge is 2.35. The predicted octanol–water partition coefficient (Wildman–Crippen LogP) is 1.08. The second-order valence-electron chi connectivity index (χ2n) is 4.50. The molecule has 1 heterocycles. The molecule has 114 valence electrons. The van der Waals surface area contributed by atoms with Crippen LogP contribution in [-0.2, 0) is 6.18 Å². The molecule has 0 fully saturated rings. The quantitative estimate of drug-likeness (QED) is 0.628. The van der Waals surface area contributed by atoms with Crippen molar-refractivity contribution in [2.75, 3.05) is 30.3 Å². The Morgan fingerprint density at radius 3 is 2.20 bits per heavy atom. The molecule has 0 aliphatic heterocycles. The van der Waals surface area contributed by atoms with Crippen LogP contribution < -0.4 is 10.6 Å². The maximum atomic E-state index is 12.7. The van der Waals surface area contributed by atoms with Gasteiger partial charge in [0.05, 0.1) is 6.61 Å². The lowest BCUT2D eigenvalue weighted by Crippen LogP contribution is -2.37. The van der Waals surface area contributed by atoms with E-state index in [-0.39, 0.29) is 18.2 Å². The molecule has 1 atom stereocenters. The number of halogens is 3. The van der Waals surface area contributed by atoms with Gasteiger partial charge < -0.3 is 20.8 Å². The highest BCUT2D eigenvalue weighted by atomic mass is 19.4. The van der Waals surface area contributed by atoms with Gasteiger partial charge >= 0.3 is 6.18 Å². The van der Waals surface area contributed by atoms with Crippen molar-refractivity contribution in [2.24, 2.45) is 0 Å². The van der Waals surface area contributed by atoms with Crippen molar-refractivity contribution in [1.29, 1.82) is 0 Å². The fourth-order valence-electron chi connectivity index (χ4n) is 1.27. The van der Waals surface area contributed by atoms with Crippen LogP contribution in [0.1, 0.15) is 19.7 Å². The van der Waals surface area contributed by atoms with Gasteiger partial charge in [0.2, 0.25) is 5.82 Å². The van der Waals surface area contributed by atoms with E-state index in [2.05, 4.69) is 20.6 Å². The SMILES string of the molecule is CCNc1cc(NCC(C)(O)CO)nc(C(F)(F)F)n1. The third-order valence-electron chi connectivity index (χ3n) is 2.33. The van der Waals surface area contributed by atoms with Gasteiger partial charge in [-0.2, -0.15) is 13.2 Å². The lowest BCUT2D eigenvalue weighted by Gasteiger charge is -2.21. The number of aliphatic hydroxyl groups is 2. The van der Waals surface area contributed by atoms with Crippen LogP contribution in [0.4, 0.5) is 24.8 Å². The Labute approximate surface area is 114 Å². The zero-order valence-corrected chi connectivity index (χ0v) is 11.1. The molecule has 9 heteroatoms. The Morgan fingerprint density at radius 1 is 1.20 bits per heavy atom. The number of aliphatic hydroxyl groups excluding tert-OH is 1. The summed E-state index contributed by atoms with van der Waals surface area (Å²) in [6.45, 7) is 2.79. The van der Waals surface area contributed by atoms with Crippen molar-refractivity contribution < 1.29 is 23.4 Å². The molecule has 1 aromatic rings. The molecule has 0 radical (unpaired) electrons. The molecular weight excluding hydrogens is 277 g/mol. The minimum absolute atomic E-state index is 0.0287. The Balaban J connectivity index is 2.97. The Bertz CT molecular complexity index is 452. The molecule has 0 saturated heterocycles. The van der Waals surface area contributed by atoms with E-state index in [0.29, 0.717) is 6.54 Å². The van der Waals surface area contributed by atoms with Crippen molar-refractivity contribution in [2.45, 2.75) is 25.6 Å². The van der Waals surface area contributed by atoms with Crippen molar-refractivity contribution in [1.82, 2.24) is 9.97 Å². The summed E-state index contributed by atoms with van der Waals surface area (Å²) < 4.78 is 38.0. The highest BCUT2D eigenvalue weighted by molar-refractivity contribution is 5.48. The maximum absolute atomic E-state index is 12.7. The Hall–Kier alpha value is -1.61. The molecule has 20 heavy (non-hydrogen) atoms. The lowest BCUT2D eigenvalue weighted by molar-refractivity contribution is -0.144. The second kappa shape index (κ2) is 6.23. The minimum Gasteiger partial charge on any atom is -0.393 e. The molecule has 1 rings (SSSR count). The number of nitrogens with zero attached hydrogens (tertiary/aromatic N) is 2. The molecule has 6 nitrogen and oxygen atoms in total. The Morgan fingerprint density at radius 2 is 1.75 bits per heavy atom. The van der Waals surface area contributed by atoms with Crippen LogP contribution in [-0.4, -0.2) is 45.5 Å². The summed E-state index contributed by atoms with van der Waals surface area (Å²) in [5.74, 6) is -1.33. The van der Waals surface area contributed by atoms with E-state index < -0.39 is 24.2 Å². The Kier molecular flexibility index (Phi) is 5.12. The average Bonchev–Trinajstić information content (AvgIpc) is 2.36. The van der Waals surface area contributed by atoms with Crippen LogP contribution >= 0.6 is 0 Å². The summed E-state index contributed by atoms with van der Waals surface area (Å²) in [5.41, 5.74) is -1.46. The summed E-state index contributed by atoms with van der Waals surface area (Å²) in [5, 5.41) is 23.7. The molecule has 0 aromatic carbocycles. The summed E-state index contributed by atoms with van der Waals surface area (Å²) in [4.78, 5) is 6.70. The average molecular weight is 294 g/mol. The second-order valence-corrected chi connectivity index (χ2v) is 4.50. The highest BCUT2D eigenvalue weighted by Crippen LogP contribution is 2.28. The van der Waals surface area contributed by atoms with E-state index in [1.165, 1.54) is 13.0 Å². The molecule has 0 spiro atoms. The van der Waals surface area contributed by atoms with Crippen LogP contribution in [0.25, 0.3) is 0 Å². The molecule has 0 bridgehead atoms. The van der Waals surface area contributed by atoms with Crippen molar-refractivity contribution in [3.05, 3.63) is 11.9 Å². The van der Waals surface area contributed by atoms with E-state index in [9.17, 15) is 18.3 Å². The van der Waals surface area contributed by atoms with Gasteiger partial charge in [-0.15, -0.1) is 0 Å². The molecule has 4 N–H and O–H groups in total. The first kappa shape index (κ1) is 16.4. The number of alkyl halides is 3. The smallest absolute Gasteiger partial charge is 0.393 e. The predicted molar refractivity (Wildman–Crippen MR) is 67.4 cm³/mol. The van der Waals surface area contributed by atoms with E-state index in [0.717, 1.165) is 0 Å². The van der Waals surface area contributed by atoms with E-state index in [1.807, 2.05) is 0 Å². The molecule has 0 aliphatic rings. The maximum Gasteiger partial charge on any atom is 0.451 e. The molecule has 0 amide bonds. The monoisotopic (exact) mass is 294 g/mol. The van der Waals surface area contributed by atoms with Gasteiger partial charge in [-0.3, -0.25) is 0 Å². The first-order chi connectivity index (χ1) is 9.18. The van der Waals surface area contributed by atoms with Crippen LogP contribution in [0.3, 0.4) is 0 Å². The van der Waals surface area contributed by atoms with Crippen LogP contribution in [0, 0.1) is 0 Å². The number of nitrogens with one attached hydrogen (secondary N) is 2. The largest absolute Gasteiger partial charge is 0.451 e. The summed E-state index contributed by atoms with van der Waals surface area (Å²) in [7, 11) is 0. The first-order valence-corrected chi connectivity index (χ1v) is 5.95. The van der Waals surface area contributed by atoms with Gasteiger partial charge in [0, 0.05) is 19.2 Å². The third kappa shape index (κ3) is 4.82. The molecule has 0 saturated carbocycles. The normalized spacial score (nSPS) is 14.8. The van der Waals surface area contributed by atoms with Gasteiger partial charge in [0.25, 0.3) is 0 Å². The number of hydrogen-bond acceptors (Lipinski definition) is 6. The van der Waals surface area contributed by atoms with Gasteiger partial charge in [-0.1, -0.05) is 0 Å². The van der Waals surface area contributed by atoms with Gasteiger partial charge in [-0.05, 0) is 13.8 Å². The lowest BCUT2D eigenvalue weighted by atomic mass is 10.1. The number of anilines is 2. The summed E-state index contributed by atoms with van der Waals surface area (Å²) in [6, 6.07) is 1.30. The van der Waals surface area contributed by atoms with E-state index in [1.54, 1.807) is 6.92 Å². The van der Waals surface area contributed by atoms with Gasteiger partial charge in [-0.25, -0.2) is 9.97 Å². The molecule has 1 unspecified atom stereocenters. The van der Waals surface area contributed by atoms with Gasteiger partial charge in [0.15, 0.2) is 0 Å². The van der Waals surface area contributed by atoms with Crippen molar-refractivity contribution in [3.63, 3.8) is 0 Å². The minimum atomic E-state index is -4.67. The molecule has 1 aromatic heterocycles. The first-order valence-electron chi connectivity index (χ1n) is 5.95. The fraction of sp³-hybridized carbons (Fsp3) is 0.636. The number of rotatable bonds is 6. The third-order valence-corrected chi connectivity index (χ3v) is 2.33. The summed E-state index contributed by atoms with van der Waals surface area (Å²) in [6.07, 6.45) is -4.67. The number of aromatic nitrogens is 2. The fourth-order valence-corrected chi connectivity index (χ4v) is 1.27. The topological polar surface area (TPSA) is 90.3 Å². The van der Waals surface area contributed by atoms with Crippen LogP contribution in [0.5, 0.6) is 0 Å². The standard InChI is InChI=1S/C11H17F3N4O2/c1-3-15-7-4-8(16-5-10(2,20)6-19)18-9(17-7)11(12,13)14/h4,19-20H,3,5-6H2,1-2H3,(H2,15,16,17,18). The van der Waals surface area contributed by atoms with E-state index >= 15 is 0 Å². The number of hydrogen-bond donors (Lipinski definition) is 4. The van der Waals surface area contributed by atoms with Crippen molar-refractivity contribution >= 4 is 11.6 Å². The molecule has 0 aliphatic carbocycles. The van der Waals surface area contributed by atoms with Crippen LogP contribution in [0.15, 0.2) is 6.07 Å². The van der Waals surface area contributed by atoms with Crippen molar-refractivity contribution in [3.8, 4) is 0 Å². The zero-order chi connectivity index (χ0) is 15.4. The van der Waals surface area contributed by atoms with Gasteiger partial charge in [0.1, 0.15) is 17.2 Å². The summed E-state index contributed by atoms with van der Waals surface area (Å²) >= 11 is 0. The van der Waals surface area contributed by atoms with Crippen LogP contribution in [0.2, 0.25) is 0 Å². The zero-order valence-electron chi connectivity index (χ0n) is 11.1. The molecular formula is C11H17F3N4O2.